The maximum atomic E-state index is 11.5. The van der Waals surface area contributed by atoms with Gasteiger partial charge in [-0.1, -0.05) is 30.3 Å². The molecule has 8 heteroatoms. The van der Waals surface area contributed by atoms with E-state index in [0.717, 1.165) is 5.56 Å². The first kappa shape index (κ1) is 16.5. The molecule has 118 valence electrons. The van der Waals surface area contributed by atoms with Crippen LogP contribution in [0.3, 0.4) is 0 Å². The van der Waals surface area contributed by atoms with Crippen molar-refractivity contribution in [3.8, 4) is 0 Å². The number of ether oxygens (including phenoxy) is 3. The highest BCUT2D eigenvalue weighted by atomic mass is 16.6. The minimum Gasteiger partial charge on any atom is -0.454 e. The average molecular weight is 308 g/mol. The summed E-state index contributed by atoms with van der Waals surface area (Å²) in [6.07, 6.45) is -3.08. The van der Waals surface area contributed by atoms with Crippen molar-refractivity contribution < 1.29 is 34.0 Å². The summed E-state index contributed by atoms with van der Waals surface area (Å²) in [7, 11) is 1.59. The van der Waals surface area contributed by atoms with E-state index in [1.807, 2.05) is 6.07 Å². The largest absolute Gasteiger partial charge is 0.454 e. The lowest BCUT2D eigenvalue weighted by Gasteiger charge is -2.14. The van der Waals surface area contributed by atoms with E-state index < -0.39 is 36.3 Å². The molecule has 2 N–H and O–H groups in total. The van der Waals surface area contributed by atoms with Crippen LogP contribution in [0, 0.1) is 0 Å². The van der Waals surface area contributed by atoms with E-state index >= 15 is 0 Å². The summed E-state index contributed by atoms with van der Waals surface area (Å²) in [5, 5.41) is 19.2. The third kappa shape index (κ3) is 4.06. The van der Waals surface area contributed by atoms with Crippen molar-refractivity contribution >= 4 is 19.8 Å². The first-order chi connectivity index (χ1) is 10.5. The third-order valence-electron chi connectivity index (χ3n) is 3.36. The Labute approximate surface area is 128 Å². The van der Waals surface area contributed by atoms with Gasteiger partial charge in [-0.3, -0.25) is 0 Å². The molecule has 0 radical (unpaired) electrons. The number of benzene rings is 1. The van der Waals surface area contributed by atoms with Crippen molar-refractivity contribution in [2.75, 3.05) is 6.61 Å². The monoisotopic (exact) mass is 308 g/mol. The molecule has 0 saturated carbocycles. The molecule has 1 aliphatic rings. The number of carbonyl (C=O) groups excluding carboxylic acids is 2. The number of hydrogen-bond donors (Lipinski definition) is 2. The topological polar surface area (TPSA) is 102 Å². The molecule has 1 heterocycles. The van der Waals surface area contributed by atoms with Crippen molar-refractivity contribution in [1.82, 2.24) is 0 Å². The van der Waals surface area contributed by atoms with Gasteiger partial charge in [-0.2, -0.15) is 0 Å². The summed E-state index contributed by atoms with van der Waals surface area (Å²) in [6, 6.07) is 8.33. The molecule has 2 unspecified atom stereocenters. The van der Waals surface area contributed by atoms with Crippen molar-refractivity contribution in [3.63, 3.8) is 0 Å². The van der Waals surface area contributed by atoms with E-state index in [1.54, 1.807) is 32.1 Å². The van der Waals surface area contributed by atoms with Crippen LogP contribution in [-0.4, -0.2) is 60.9 Å². The van der Waals surface area contributed by atoms with Gasteiger partial charge in [0.2, 0.25) is 0 Å². The Morgan fingerprint density at radius 1 is 1.09 bits per heavy atom. The maximum Gasteiger partial charge on any atom is 0.417 e. The van der Waals surface area contributed by atoms with Crippen LogP contribution in [0.5, 0.6) is 0 Å². The van der Waals surface area contributed by atoms with Gasteiger partial charge in [0.1, 0.15) is 39.4 Å². The summed E-state index contributed by atoms with van der Waals surface area (Å²) in [5.41, 5.74) is 0.746. The standard InChI is InChI=1S/C14H17BO7/c15-12-11(17)10(16)9(22-12)7-21-14(19)13(18)20-6-8-4-2-1-3-5-8/h1-5,9-12,16-17H,6-7,15H2/t9-,10?,11?,12-/m1/s1. The number of aliphatic hydroxyl groups is 2. The Bertz CT molecular complexity index is 521. The molecule has 22 heavy (non-hydrogen) atoms. The third-order valence-corrected chi connectivity index (χ3v) is 3.36. The van der Waals surface area contributed by atoms with Crippen LogP contribution in [0.15, 0.2) is 30.3 Å². The lowest BCUT2D eigenvalue weighted by atomic mass is 9.93. The number of esters is 2. The average Bonchev–Trinajstić information content (AvgIpc) is 2.78. The second kappa shape index (κ2) is 7.39. The Balaban J connectivity index is 1.74. The molecule has 0 aromatic heterocycles. The van der Waals surface area contributed by atoms with Crippen LogP contribution in [0.1, 0.15) is 5.56 Å². The molecule has 4 atom stereocenters. The minimum absolute atomic E-state index is 0.0346. The lowest BCUT2D eigenvalue weighted by molar-refractivity contribution is -0.171. The van der Waals surface area contributed by atoms with Gasteiger partial charge in [-0.05, 0) is 5.56 Å². The smallest absolute Gasteiger partial charge is 0.417 e. The van der Waals surface area contributed by atoms with Crippen molar-refractivity contribution in [2.24, 2.45) is 0 Å². The van der Waals surface area contributed by atoms with E-state index in [0.29, 0.717) is 0 Å². The fourth-order valence-electron chi connectivity index (χ4n) is 2.07. The number of aliphatic hydroxyl groups excluding tert-OH is 2. The summed E-state index contributed by atoms with van der Waals surface area (Å²) < 4.78 is 14.8. The Morgan fingerprint density at radius 3 is 2.32 bits per heavy atom. The highest BCUT2D eigenvalue weighted by molar-refractivity contribution is 6.29. The second-order valence-electron chi connectivity index (χ2n) is 5.02. The molecule has 0 amide bonds. The van der Waals surface area contributed by atoms with E-state index in [1.165, 1.54) is 0 Å². The predicted molar refractivity (Wildman–Crippen MR) is 76.4 cm³/mol. The summed E-state index contributed by atoms with van der Waals surface area (Å²) in [6.45, 7) is -0.366. The van der Waals surface area contributed by atoms with Crippen LogP contribution in [-0.2, 0) is 30.4 Å². The van der Waals surface area contributed by atoms with Crippen molar-refractivity contribution in [1.29, 1.82) is 0 Å². The number of rotatable bonds is 4. The minimum atomic E-state index is -1.17. The molecule has 7 nitrogen and oxygen atoms in total. The SMILES string of the molecule is B[C@@H]1O[C@H](COC(=O)C(=O)OCc2ccccc2)C(O)C1O. The van der Waals surface area contributed by atoms with Gasteiger partial charge in [0.05, 0.1) is 6.00 Å². The highest BCUT2D eigenvalue weighted by Crippen LogP contribution is 2.19. The molecular formula is C14H17BO7. The molecule has 1 fully saturated rings. The zero-order valence-corrected chi connectivity index (χ0v) is 12.0. The van der Waals surface area contributed by atoms with Gasteiger partial charge < -0.3 is 24.4 Å². The normalized spacial score (nSPS) is 27.4. The van der Waals surface area contributed by atoms with Crippen LogP contribution < -0.4 is 0 Å². The maximum absolute atomic E-state index is 11.5. The molecule has 1 aliphatic heterocycles. The molecule has 1 aromatic carbocycles. The van der Waals surface area contributed by atoms with Gasteiger partial charge in [0.25, 0.3) is 0 Å². The quantitative estimate of drug-likeness (QED) is 0.390. The molecule has 0 aliphatic carbocycles. The Morgan fingerprint density at radius 2 is 1.73 bits per heavy atom. The van der Waals surface area contributed by atoms with E-state index in [2.05, 4.69) is 0 Å². The van der Waals surface area contributed by atoms with Crippen LogP contribution in [0.2, 0.25) is 0 Å². The highest BCUT2D eigenvalue weighted by Gasteiger charge is 2.40. The first-order valence-corrected chi connectivity index (χ1v) is 6.88. The van der Waals surface area contributed by atoms with Gasteiger partial charge in [0, 0.05) is 0 Å². The van der Waals surface area contributed by atoms with E-state index in [4.69, 9.17) is 14.2 Å². The molecule has 2 rings (SSSR count). The van der Waals surface area contributed by atoms with Crippen LogP contribution >= 0.6 is 0 Å². The molecule has 1 saturated heterocycles. The van der Waals surface area contributed by atoms with E-state index in [9.17, 15) is 19.8 Å². The Kier molecular flexibility index (Phi) is 5.54. The second-order valence-corrected chi connectivity index (χ2v) is 5.02. The Hall–Kier alpha value is -1.90. The predicted octanol–water partition coefficient (Wildman–Crippen LogP) is -1.65. The van der Waals surface area contributed by atoms with Crippen molar-refractivity contribution in [2.45, 2.75) is 30.9 Å². The van der Waals surface area contributed by atoms with Gasteiger partial charge in [0.15, 0.2) is 0 Å². The zero-order chi connectivity index (χ0) is 16.1. The molecule has 1 aromatic rings. The first-order valence-electron chi connectivity index (χ1n) is 6.88. The summed E-state index contributed by atoms with van der Waals surface area (Å²) in [4.78, 5) is 23.0. The van der Waals surface area contributed by atoms with E-state index in [-0.39, 0.29) is 13.2 Å². The number of carbonyl (C=O) groups is 2. The van der Waals surface area contributed by atoms with Gasteiger partial charge in [-0.15, -0.1) is 0 Å². The zero-order valence-electron chi connectivity index (χ0n) is 12.0. The van der Waals surface area contributed by atoms with Crippen LogP contribution in [0.25, 0.3) is 0 Å². The number of hydrogen-bond acceptors (Lipinski definition) is 7. The van der Waals surface area contributed by atoms with Crippen molar-refractivity contribution in [3.05, 3.63) is 35.9 Å². The lowest BCUT2D eigenvalue weighted by Crippen LogP contribution is -2.35. The summed E-state index contributed by atoms with van der Waals surface area (Å²) >= 11 is 0. The fraction of sp³-hybridized carbons (Fsp3) is 0.429. The van der Waals surface area contributed by atoms with Crippen LogP contribution in [0.4, 0.5) is 0 Å². The summed E-state index contributed by atoms with van der Waals surface area (Å²) in [5.74, 6) is -2.29. The molecule has 0 spiro atoms. The molecule has 0 bridgehead atoms. The fourth-order valence-corrected chi connectivity index (χ4v) is 2.07. The van der Waals surface area contributed by atoms with Gasteiger partial charge in [-0.25, -0.2) is 9.59 Å². The molecular weight excluding hydrogens is 291 g/mol. The van der Waals surface area contributed by atoms with Gasteiger partial charge >= 0.3 is 11.9 Å².